The Kier molecular flexibility index (Phi) is 8.17. The van der Waals surface area contributed by atoms with Crippen molar-refractivity contribution >= 4 is 28.3 Å². The first-order chi connectivity index (χ1) is 18.9. The summed E-state index contributed by atoms with van der Waals surface area (Å²) in [5, 5.41) is 2.97. The lowest BCUT2D eigenvalue weighted by Crippen LogP contribution is -2.47. The van der Waals surface area contributed by atoms with Crippen molar-refractivity contribution in [2.45, 2.75) is 33.1 Å². The van der Waals surface area contributed by atoms with E-state index in [1.54, 1.807) is 0 Å². The molecule has 7 nitrogen and oxygen atoms in total. The summed E-state index contributed by atoms with van der Waals surface area (Å²) < 4.78 is 8.07. The molecule has 2 heterocycles. The molecule has 0 bridgehead atoms. The van der Waals surface area contributed by atoms with Crippen LogP contribution in [-0.4, -0.2) is 59.7 Å². The van der Waals surface area contributed by atoms with Gasteiger partial charge >= 0.3 is 0 Å². The minimum absolute atomic E-state index is 0.0355. The van der Waals surface area contributed by atoms with E-state index in [2.05, 4.69) is 83.0 Å². The molecule has 0 saturated carbocycles. The molecule has 204 valence electrons. The number of aromatic nitrogens is 2. The van der Waals surface area contributed by atoms with Gasteiger partial charge in [-0.15, -0.1) is 0 Å². The van der Waals surface area contributed by atoms with Gasteiger partial charge in [-0.2, -0.15) is 0 Å². The molecule has 1 fully saturated rings. The molecule has 3 aromatic carbocycles. The van der Waals surface area contributed by atoms with Gasteiger partial charge in [0, 0.05) is 57.6 Å². The maximum Gasteiger partial charge on any atom is 0.262 e. The van der Waals surface area contributed by atoms with Gasteiger partial charge in [0.25, 0.3) is 5.91 Å². The molecule has 0 aliphatic carbocycles. The van der Waals surface area contributed by atoms with Crippen LogP contribution in [0.4, 0.5) is 11.4 Å². The molecule has 1 amide bonds. The molecule has 7 heteroatoms. The summed E-state index contributed by atoms with van der Waals surface area (Å²) in [6.07, 6.45) is 0.890. The first-order valence-corrected chi connectivity index (χ1v) is 13.9. The topological polar surface area (TPSA) is 62.6 Å². The molecule has 0 atom stereocenters. The SMILES string of the molecule is Cc1ccc(C(C)C)c(OCC(=O)Nc2ccc3c(c2)nc(CCN2CCN(c4ccccc4)CC2)n3C)c1. The van der Waals surface area contributed by atoms with Crippen LogP contribution in [-0.2, 0) is 18.3 Å². The van der Waals surface area contributed by atoms with Gasteiger partial charge in [-0.25, -0.2) is 4.98 Å². The van der Waals surface area contributed by atoms with E-state index in [-0.39, 0.29) is 12.5 Å². The lowest BCUT2D eigenvalue weighted by molar-refractivity contribution is -0.118. The van der Waals surface area contributed by atoms with Gasteiger partial charge in [0.15, 0.2) is 6.61 Å². The number of ether oxygens (including phenoxy) is 1. The molecule has 1 aromatic heterocycles. The molecule has 1 saturated heterocycles. The molecule has 1 N–H and O–H groups in total. The normalized spacial score (nSPS) is 14.2. The third-order valence-corrected chi connectivity index (χ3v) is 7.55. The summed E-state index contributed by atoms with van der Waals surface area (Å²) in [7, 11) is 2.07. The molecular weight excluding hydrogens is 486 g/mol. The molecule has 39 heavy (non-hydrogen) atoms. The molecule has 1 aliphatic heterocycles. The van der Waals surface area contributed by atoms with E-state index >= 15 is 0 Å². The van der Waals surface area contributed by atoms with Gasteiger partial charge in [0.2, 0.25) is 0 Å². The second kappa shape index (κ2) is 11.9. The van der Waals surface area contributed by atoms with E-state index in [9.17, 15) is 4.79 Å². The van der Waals surface area contributed by atoms with E-state index in [1.165, 1.54) is 5.69 Å². The smallest absolute Gasteiger partial charge is 0.262 e. The largest absolute Gasteiger partial charge is 0.483 e. The van der Waals surface area contributed by atoms with E-state index in [0.29, 0.717) is 5.92 Å². The number of amides is 1. The highest BCUT2D eigenvalue weighted by atomic mass is 16.5. The number of benzene rings is 3. The Morgan fingerprint density at radius 2 is 1.77 bits per heavy atom. The lowest BCUT2D eigenvalue weighted by atomic mass is 10.0. The van der Waals surface area contributed by atoms with Crippen LogP contribution < -0.4 is 15.0 Å². The van der Waals surface area contributed by atoms with Crippen LogP contribution in [0.1, 0.15) is 36.7 Å². The summed E-state index contributed by atoms with van der Waals surface area (Å²) >= 11 is 0. The number of anilines is 2. The first-order valence-electron chi connectivity index (χ1n) is 13.9. The molecule has 5 rings (SSSR count). The van der Waals surface area contributed by atoms with E-state index in [0.717, 1.165) is 78.6 Å². The maximum atomic E-state index is 12.7. The van der Waals surface area contributed by atoms with Crippen LogP contribution in [0.3, 0.4) is 0 Å². The molecule has 0 radical (unpaired) electrons. The van der Waals surface area contributed by atoms with Gasteiger partial charge in [-0.05, 0) is 60.4 Å². The van der Waals surface area contributed by atoms with E-state index < -0.39 is 0 Å². The van der Waals surface area contributed by atoms with E-state index in [4.69, 9.17) is 9.72 Å². The number of nitrogens with zero attached hydrogens (tertiary/aromatic N) is 4. The highest BCUT2D eigenvalue weighted by Crippen LogP contribution is 2.27. The Bertz CT molecular complexity index is 1420. The highest BCUT2D eigenvalue weighted by molar-refractivity contribution is 5.94. The number of aryl methyl sites for hydroxylation is 2. The van der Waals surface area contributed by atoms with Gasteiger partial charge in [0.05, 0.1) is 11.0 Å². The molecular formula is C32H39N5O2. The van der Waals surface area contributed by atoms with Crippen molar-refractivity contribution < 1.29 is 9.53 Å². The van der Waals surface area contributed by atoms with Crippen LogP contribution in [0.25, 0.3) is 11.0 Å². The van der Waals surface area contributed by atoms with Crippen molar-refractivity contribution in [3.8, 4) is 5.75 Å². The van der Waals surface area contributed by atoms with Crippen molar-refractivity contribution in [3.05, 3.63) is 83.7 Å². The van der Waals surface area contributed by atoms with Crippen molar-refractivity contribution in [2.24, 2.45) is 7.05 Å². The van der Waals surface area contributed by atoms with Crippen LogP contribution in [0.2, 0.25) is 0 Å². The maximum absolute atomic E-state index is 12.7. The number of nitrogens with one attached hydrogen (secondary N) is 1. The monoisotopic (exact) mass is 525 g/mol. The van der Waals surface area contributed by atoms with Crippen LogP contribution in [0, 0.1) is 6.92 Å². The van der Waals surface area contributed by atoms with Crippen molar-refractivity contribution in [2.75, 3.05) is 49.5 Å². The minimum Gasteiger partial charge on any atom is -0.483 e. The Morgan fingerprint density at radius 3 is 2.51 bits per heavy atom. The van der Waals surface area contributed by atoms with Crippen molar-refractivity contribution in [1.82, 2.24) is 14.5 Å². The van der Waals surface area contributed by atoms with Gasteiger partial charge in [0.1, 0.15) is 11.6 Å². The number of carbonyl (C=O) groups is 1. The van der Waals surface area contributed by atoms with Crippen molar-refractivity contribution in [3.63, 3.8) is 0 Å². The zero-order chi connectivity index (χ0) is 27.4. The number of rotatable bonds is 9. The molecule has 4 aromatic rings. The van der Waals surface area contributed by atoms with Crippen LogP contribution >= 0.6 is 0 Å². The molecule has 0 unspecified atom stereocenters. The fourth-order valence-electron chi connectivity index (χ4n) is 5.26. The first kappa shape index (κ1) is 26.8. The summed E-state index contributed by atoms with van der Waals surface area (Å²) in [5.74, 6) is 1.97. The Balaban J connectivity index is 1.16. The Labute approximate surface area is 231 Å². The summed E-state index contributed by atoms with van der Waals surface area (Å²) in [6.45, 7) is 11.4. The number of imidazole rings is 1. The number of hydrogen-bond acceptors (Lipinski definition) is 5. The zero-order valence-electron chi connectivity index (χ0n) is 23.5. The average Bonchev–Trinajstić information content (AvgIpc) is 3.25. The van der Waals surface area contributed by atoms with Gasteiger partial charge in [-0.3, -0.25) is 9.69 Å². The van der Waals surface area contributed by atoms with Crippen LogP contribution in [0.15, 0.2) is 66.7 Å². The van der Waals surface area contributed by atoms with Gasteiger partial charge < -0.3 is 19.5 Å². The Morgan fingerprint density at radius 1 is 1.00 bits per heavy atom. The highest BCUT2D eigenvalue weighted by Gasteiger charge is 2.18. The zero-order valence-corrected chi connectivity index (χ0v) is 23.5. The van der Waals surface area contributed by atoms with Crippen molar-refractivity contribution in [1.29, 1.82) is 0 Å². The quantitative estimate of drug-likeness (QED) is 0.318. The summed E-state index contributed by atoms with van der Waals surface area (Å²) in [6, 6.07) is 22.7. The number of piperazine rings is 1. The third-order valence-electron chi connectivity index (χ3n) is 7.55. The standard InChI is InChI=1S/C32H39N5O2/c1-23(2)27-12-10-24(3)20-30(27)39-22-32(38)33-25-11-13-29-28(21-25)34-31(35(29)4)14-15-36-16-18-37(19-17-36)26-8-6-5-7-9-26/h5-13,20-21,23H,14-19,22H2,1-4H3,(H,33,38). The minimum atomic E-state index is -0.184. The summed E-state index contributed by atoms with van der Waals surface area (Å²) in [5.41, 5.74) is 6.20. The predicted octanol–water partition coefficient (Wildman–Crippen LogP) is 5.39. The predicted molar refractivity (Wildman–Crippen MR) is 159 cm³/mol. The fourth-order valence-corrected chi connectivity index (χ4v) is 5.26. The average molecular weight is 526 g/mol. The lowest BCUT2D eigenvalue weighted by Gasteiger charge is -2.36. The fraction of sp³-hybridized carbons (Fsp3) is 0.375. The van der Waals surface area contributed by atoms with E-state index in [1.807, 2.05) is 31.2 Å². The number of carbonyl (C=O) groups excluding carboxylic acids is 1. The Hall–Kier alpha value is -3.84. The summed E-state index contributed by atoms with van der Waals surface area (Å²) in [4.78, 5) is 22.6. The van der Waals surface area contributed by atoms with Gasteiger partial charge in [-0.1, -0.05) is 44.2 Å². The third kappa shape index (κ3) is 6.42. The molecule has 1 aliphatic rings. The second-order valence-electron chi connectivity index (χ2n) is 10.7. The number of hydrogen-bond donors (Lipinski definition) is 1. The van der Waals surface area contributed by atoms with Crippen LogP contribution in [0.5, 0.6) is 5.75 Å². The molecule has 0 spiro atoms. The number of fused-ring (bicyclic) bond motifs is 1. The second-order valence-corrected chi connectivity index (χ2v) is 10.7. The number of para-hydroxylation sites is 1.